The molecule has 0 aliphatic rings. The van der Waals surface area contributed by atoms with Gasteiger partial charge in [0.25, 0.3) is 5.91 Å². The molecule has 0 aliphatic carbocycles. The van der Waals surface area contributed by atoms with Crippen molar-refractivity contribution in [3.05, 3.63) is 48.0 Å². The zero-order chi connectivity index (χ0) is 23.7. The van der Waals surface area contributed by atoms with Gasteiger partial charge in [0, 0.05) is 12.1 Å². The number of methoxy groups -OCH3 is 3. The number of rotatable bonds is 10. The number of esters is 1. The lowest BCUT2D eigenvalue weighted by molar-refractivity contribution is -0.148. The van der Waals surface area contributed by atoms with E-state index in [0.717, 1.165) is 6.08 Å². The van der Waals surface area contributed by atoms with Gasteiger partial charge in [-0.25, -0.2) is 4.79 Å². The fraction of sp³-hybridized carbons (Fsp3) is 0.273. The summed E-state index contributed by atoms with van der Waals surface area (Å²) in [5.74, 6) is -0.508. The molecule has 0 aromatic heterocycles. The van der Waals surface area contributed by atoms with Crippen molar-refractivity contribution in [1.29, 1.82) is 0 Å². The molecule has 172 valence electrons. The third-order valence-corrected chi connectivity index (χ3v) is 4.14. The average molecular weight is 451 g/mol. The summed E-state index contributed by atoms with van der Waals surface area (Å²) in [5.41, 5.74) is 0.826. The standard InChI is InChI=1S/C22H23F2NO7/c1-13(21(27)25-16-12-15(28-2)7-9-17(16)29-3)31-20(26)10-6-14-5-8-18(32-22(23)24)19(11-14)30-4/h5-13,22H,1-4H3,(H,25,27)/b10-6+. The summed E-state index contributed by atoms with van der Waals surface area (Å²) in [6, 6.07) is 9.01. The summed E-state index contributed by atoms with van der Waals surface area (Å²) in [6.07, 6.45) is 1.37. The van der Waals surface area contributed by atoms with E-state index in [1.54, 1.807) is 18.2 Å². The predicted octanol–water partition coefficient (Wildman–Crippen LogP) is 3.90. The smallest absolute Gasteiger partial charge is 0.387 e. The normalized spacial score (nSPS) is 11.7. The summed E-state index contributed by atoms with van der Waals surface area (Å²) in [5, 5.41) is 2.61. The van der Waals surface area contributed by atoms with Crippen LogP contribution in [-0.2, 0) is 14.3 Å². The van der Waals surface area contributed by atoms with E-state index in [9.17, 15) is 18.4 Å². The van der Waals surface area contributed by atoms with E-state index in [-0.39, 0.29) is 11.5 Å². The third kappa shape index (κ3) is 6.86. The van der Waals surface area contributed by atoms with E-state index in [1.807, 2.05) is 0 Å². The van der Waals surface area contributed by atoms with Crippen LogP contribution in [0.2, 0.25) is 0 Å². The van der Waals surface area contributed by atoms with E-state index in [4.69, 9.17) is 18.9 Å². The van der Waals surface area contributed by atoms with E-state index in [2.05, 4.69) is 10.1 Å². The Morgan fingerprint density at radius 2 is 1.62 bits per heavy atom. The van der Waals surface area contributed by atoms with Crippen molar-refractivity contribution in [2.24, 2.45) is 0 Å². The van der Waals surface area contributed by atoms with Crippen molar-refractivity contribution in [2.75, 3.05) is 26.6 Å². The number of anilines is 1. The molecule has 1 atom stereocenters. The molecular weight excluding hydrogens is 428 g/mol. The van der Waals surface area contributed by atoms with Gasteiger partial charge in [-0.3, -0.25) is 4.79 Å². The molecule has 2 rings (SSSR count). The molecule has 0 bridgehead atoms. The highest BCUT2D eigenvalue weighted by Crippen LogP contribution is 2.30. The number of benzene rings is 2. The summed E-state index contributed by atoms with van der Waals surface area (Å²) < 4.78 is 49.6. The molecule has 10 heteroatoms. The summed E-state index contributed by atoms with van der Waals surface area (Å²) in [6.45, 7) is -1.59. The first-order chi connectivity index (χ1) is 15.3. The Morgan fingerprint density at radius 1 is 0.938 bits per heavy atom. The van der Waals surface area contributed by atoms with Gasteiger partial charge in [-0.2, -0.15) is 8.78 Å². The number of carbonyl (C=O) groups is 2. The molecule has 8 nitrogen and oxygen atoms in total. The van der Waals surface area contributed by atoms with Crippen LogP contribution in [0.4, 0.5) is 14.5 Å². The molecule has 1 unspecified atom stereocenters. The lowest BCUT2D eigenvalue weighted by Crippen LogP contribution is -2.29. The molecule has 0 fully saturated rings. The maximum Gasteiger partial charge on any atom is 0.387 e. The Morgan fingerprint density at radius 3 is 2.25 bits per heavy atom. The minimum absolute atomic E-state index is 0.0702. The molecule has 2 aromatic carbocycles. The Hall–Kier alpha value is -3.82. The predicted molar refractivity (Wildman–Crippen MR) is 112 cm³/mol. The molecule has 0 saturated carbocycles. The topological polar surface area (TPSA) is 92.3 Å². The average Bonchev–Trinajstić information content (AvgIpc) is 2.77. The second-order valence-corrected chi connectivity index (χ2v) is 6.26. The Balaban J connectivity index is 2.00. The fourth-order valence-electron chi connectivity index (χ4n) is 2.56. The fourth-order valence-corrected chi connectivity index (χ4v) is 2.56. The number of hydrogen-bond acceptors (Lipinski definition) is 7. The molecule has 32 heavy (non-hydrogen) atoms. The van der Waals surface area contributed by atoms with Crippen LogP contribution in [0, 0.1) is 0 Å². The highest BCUT2D eigenvalue weighted by molar-refractivity contribution is 5.97. The molecule has 0 heterocycles. The largest absolute Gasteiger partial charge is 0.497 e. The van der Waals surface area contributed by atoms with Gasteiger partial charge >= 0.3 is 12.6 Å². The van der Waals surface area contributed by atoms with Crippen molar-refractivity contribution >= 4 is 23.6 Å². The van der Waals surface area contributed by atoms with Gasteiger partial charge in [-0.1, -0.05) is 6.07 Å². The number of halogens is 2. The molecule has 1 N–H and O–H groups in total. The third-order valence-electron chi connectivity index (χ3n) is 4.14. The number of hydrogen-bond donors (Lipinski definition) is 1. The number of ether oxygens (including phenoxy) is 5. The Kier molecular flexibility index (Phi) is 8.82. The minimum Gasteiger partial charge on any atom is -0.497 e. The molecule has 0 spiro atoms. The second-order valence-electron chi connectivity index (χ2n) is 6.26. The number of amides is 1. The molecular formula is C22H23F2NO7. The van der Waals surface area contributed by atoms with Gasteiger partial charge in [0.15, 0.2) is 17.6 Å². The summed E-state index contributed by atoms with van der Waals surface area (Å²) >= 11 is 0. The van der Waals surface area contributed by atoms with Crippen LogP contribution in [0.15, 0.2) is 42.5 Å². The summed E-state index contributed by atoms with van der Waals surface area (Å²) in [7, 11) is 4.24. The SMILES string of the molecule is COc1ccc(OC)c(NC(=O)C(C)OC(=O)/C=C/c2ccc(OC(F)F)c(OC)c2)c1. The van der Waals surface area contributed by atoms with Crippen LogP contribution >= 0.6 is 0 Å². The van der Waals surface area contributed by atoms with E-state index < -0.39 is 24.6 Å². The van der Waals surface area contributed by atoms with Gasteiger partial charge in [0.1, 0.15) is 11.5 Å². The van der Waals surface area contributed by atoms with Crippen LogP contribution in [0.5, 0.6) is 23.0 Å². The van der Waals surface area contributed by atoms with Crippen LogP contribution in [-0.4, -0.2) is 45.9 Å². The Labute approximate surface area is 183 Å². The highest BCUT2D eigenvalue weighted by atomic mass is 19.3. The first-order valence-electron chi connectivity index (χ1n) is 9.31. The molecule has 0 aliphatic heterocycles. The first kappa shape index (κ1) is 24.4. The van der Waals surface area contributed by atoms with Crippen molar-refractivity contribution in [2.45, 2.75) is 19.6 Å². The first-order valence-corrected chi connectivity index (χ1v) is 9.31. The Bertz CT molecular complexity index is 979. The van der Waals surface area contributed by atoms with Crippen LogP contribution < -0.4 is 24.3 Å². The van der Waals surface area contributed by atoms with E-state index >= 15 is 0 Å². The summed E-state index contributed by atoms with van der Waals surface area (Å²) in [4.78, 5) is 24.5. The van der Waals surface area contributed by atoms with Gasteiger partial charge in [-0.15, -0.1) is 0 Å². The monoisotopic (exact) mass is 451 g/mol. The second kappa shape index (κ2) is 11.5. The van der Waals surface area contributed by atoms with Crippen LogP contribution in [0.3, 0.4) is 0 Å². The van der Waals surface area contributed by atoms with E-state index in [1.165, 1.54) is 52.5 Å². The van der Waals surface area contributed by atoms with Crippen LogP contribution in [0.25, 0.3) is 6.08 Å². The van der Waals surface area contributed by atoms with Gasteiger partial charge in [-0.05, 0) is 42.8 Å². The van der Waals surface area contributed by atoms with Gasteiger partial charge < -0.3 is 29.0 Å². The van der Waals surface area contributed by atoms with Crippen molar-refractivity contribution in [1.82, 2.24) is 0 Å². The van der Waals surface area contributed by atoms with Crippen molar-refractivity contribution in [3.63, 3.8) is 0 Å². The minimum atomic E-state index is -3.00. The number of carbonyl (C=O) groups excluding carboxylic acids is 2. The molecule has 1 amide bonds. The lowest BCUT2D eigenvalue weighted by atomic mass is 10.2. The molecule has 2 aromatic rings. The zero-order valence-electron chi connectivity index (χ0n) is 17.9. The maximum atomic E-state index is 12.4. The molecule has 0 saturated heterocycles. The van der Waals surface area contributed by atoms with Crippen LogP contribution in [0.1, 0.15) is 12.5 Å². The van der Waals surface area contributed by atoms with Crippen molar-refractivity contribution < 1.29 is 42.1 Å². The number of nitrogens with one attached hydrogen (secondary N) is 1. The zero-order valence-corrected chi connectivity index (χ0v) is 17.9. The lowest BCUT2D eigenvalue weighted by Gasteiger charge is -2.15. The highest BCUT2D eigenvalue weighted by Gasteiger charge is 2.19. The molecule has 0 radical (unpaired) electrons. The number of alkyl halides is 2. The van der Waals surface area contributed by atoms with Gasteiger partial charge in [0.2, 0.25) is 0 Å². The maximum absolute atomic E-state index is 12.4. The quantitative estimate of drug-likeness (QED) is 0.433. The van der Waals surface area contributed by atoms with Gasteiger partial charge in [0.05, 0.1) is 27.0 Å². The van der Waals surface area contributed by atoms with E-state index in [0.29, 0.717) is 22.7 Å². The van der Waals surface area contributed by atoms with Crippen molar-refractivity contribution in [3.8, 4) is 23.0 Å².